The Morgan fingerprint density at radius 1 is 1.56 bits per heavy atom. The van der Waals surface area contributed by atoms with Crippen LogP contribution in [0.4, 0.5) is 11.6 Å². The second kappa shape index (κ2) is 5.27. The maximum Gasteiger partial charge on any atom is 0.170 e. The Bertz CT molecular complexity index is 570. The number of nitriles is 1. The summed E-state index contributed by atoms with van der Waals surface area (Å²) in [5.41, 5.74) is 6.08. The molecular weight excluding hydrogens is 254 g/mol. The number of hydrogen-bond donors (Lipinski definition) is 1. The molecule has 0 bridgehead atoms. The highest BCUT2D eigenvalue weighted by Gasteiger charge is 2.18. The van der Waals surface area contributed by atoms with Gasteiger partial charge in [-0.1, -0.05) is 0 Å². The number of sulfone groups is 1. The second-order valence-corrected chi connectivity index (χ2v) is 6.32. The Morgan fingerprint density at radius 3 is 2.61 bits per heavy atom. The summed E-state index contributed by atoms with van der Waals surface area (Å²) in [5.74, 6) is 0.626. The van der Waals surface area contributed by atoms with Gasteiger partial charge in [0.25, 0.3) is 0 Å². The van der Waals surface area contributed by atoms with Gasteiger partial charge in [-0.25, -0.2) is 13.1 Å². The summed E-state index contributed by atoms with van der Waals surface area (Å²) < 4.78 is 23.6. The quantitative estimate of drug-likeness (QED) is 0.797. The molecule has 0 atom stereocenters. The van der Waals surface area contributed by atoms with Crippen molar-refractivity contribution >= 4 is 21.5 Å². The monoisotopic (exact) mass is 271 g/mol. The van der Waals surface area contributed by atoms with Gasteiger partial charge in [0, 0.05) is 19.8 Å². The van der Waals surface area contributed by atoms with E-state index in [1.807, 2.05) is 13.0 Å². The number of anilines is 2. The highest BCUT2D eigenvalue weighted by Crippen LogP contribution is 2.23. The maximum absolute atomic E-state index is 11.1. The van der Waals surface area contributed by atoms with Crippen LogP contribution >= 0.6 is 0 Å². The predicted molar refractivity (Wildman–Crippen MR) is 70.0 cm³/mol. The molecule has 1 aromatic rings. The maximum atomic E-state index is 11.1. The van der Waals surface area contributed by atoms with E-state index in [-0.39, 0.29) is 23.7 Å². The molecule has 8 heteroatoms. The van der Waals surface area contributed by atoms with Gasteiger partial charge in [-0.15, -0.1) is 0 Å². The first kappa shape index (κ1) is 14.3. The predicted octanol–water partition coefficient (Wildman–Crippen LogP) is -0.162. The minimum Gasteiger partial charge on any atom is -0.383 e. The first-order valence-corrected chi connectivity index (χ1v) is 7.51. The Kier molecular flexibility index (Phi) is 4.19. The summed E-state index contributed by atoms with van der Waals surface area (Å²) in [6, 6.07) is 2.00. The lowest BCUT2D eigenvalue weighted by Gasteiger charge is -2.12. The van der Waals surface area contributed by atoms with Crippen molar-refractivity contribution < 1.29 is 8.42 Å². The molecule has 1 rings (SSSR count). The topological polar surface area (TPSA) is 105 Å². The lowest BCUT2D eigenvalue weighted by atomic mass is 10.3. The zero-order chi connectivity index (χ0) is 13.9. The Labute approximate surface area is 107 Å². The van der Waals surface area contributed by atoms with E-state index in [0.717, 1.165) is 6.26 Å². The molecule has 7 nitrogen and oxygen atoms in total. The molecule has 18 heavy (non-hydrogen) atoms. The van der Waals surface area contributed by atoms with E-state index < -0.39 is 9.84 Å². The zero-order valence-corrected chi connectivity index (χ0v) is 11.5. The summed E-state index contributed by atoms with van der Waals surface area (Å²) in [7, 11) is -1.29. The molecule has 0 fully saturated rings. The minimum atomic E-state index is -3.09. The van der Waals surface area contributed by atoms with Gasteiger partial charge in [-0.3, -0.25) is 0 Å². The molecule has 0 unspecified atom stereocenters. The van der Waals surface area contributed by atoms with Gasteiger partial charge >= 0.3 is 0 Å². The molecule has 1 aromatic heterocycles. The molecule has 0 radical (unpaired) electrons. The number of hydrogen-bond acceptors (Lipinski definition) is 6. The first-order chi connectivity index (χ1) is 8.30. The fraction of sp³-hybridized carbons (Fsp3) is 0.600. The number of aromatic nitrogens is 2. The third kappa shape index (κ3) is 3.13. The van der Waals surface area contributed by atoms with E-state index in [4.69, 9.17) is 11.0 Å². The minimum absolute atomic E-state index is 0.0565. The Balaban J connectivity index is 3.09. The van der Waals surface area contributed by atoms with E-state index >= 15 is 0 Å². The standard InChI is InChI=1S/C10H17N5O2S/c1-4-14(2)10-8(7-11)9(12)15(13-10)5-6-18(3,16)17/h4-6,12H2,1-3H3. The number of nitrogens with zero attached hydrogens (tertiary/aromatic N) is 4. The average Bonchev–Trinajstić information content (AvgIpc) is 2.61. The van der Waals surface area contributed by atoms with Gasteiger partial charge in [0.15, 0.2) is 5.82 Å². The molecule has 0 aliphatic heterocycles. The molecule has 0 amide bonds. The fourth-order valence-electron chi connectivity index (χ4n) is 1.41. The van der Waals surface area contributed by atoms with Gasteiger partial charge in [-0.05, 0) is 6.92 Å². The van der Waals surface area contributed by atoms with Crippen LogP contribution in [0.25, 0.3) is 0 Å². The molecule has 0 aliphatic carbocycles. The molecule has 0 saturated carbocycles. The molecule has 0 aromatic carbocycles. The highest BCUT2D eigenvalue weighted by atomic mass is 32.2. The number of nitrogen functional groups attached to an aromatic ring is 1. The highest BCUT2D eigenvalue weighted by molar-refractivity contribution is 7.90. The number of rotatable bonds is 5. The Morgan fingerprint density at radius 2 is 2.17 bits per heavy atom. The summed E-state index contributed by atoms with van der Waals surface area (Å²) >= 11 is 0. The van der Waals surface area contributed by atoms with Crippen LogP contribution in [-0.2, 0) is 16.4 Å². The molecule has 0 spiro atoms. The van der Waals surface area contributed by atoms with Crippen LogP contribution in [0.3, 0.4) is 0 Å². The van der Waals surface area contributed by atoms with Crippen molar-refractivity contribution in [2.24, 2.45) is 0 Å². The lowest BCUT2D eigenvalue weighted by Crippen LogP contribution is -2.18. The van der Waals surface area contributed by atoms with Crippen LogP contribution in [0.2, 0.25) is 0 Å². The van der Waals surface area contributed by atoms with Crippen molar-refractivity contribution in [3.63, 3.8) is 0 Å². The second-order valence-electron chi connectivity index (χ2n) is 4.06. The smallest absolute Gasteiger partial charge is 0.170 e. The normalized spacial score (nSPS) is 11.2. The van der Waals surface area contributed by atoms with E-state index in [1.54, 1.807) is 11.9 Å². The van der Waals surface area contributed by atoms with Gasteiger partial charge < -0.3 is 10.6 Å². The number of nitrogens with two attached hydrogens (primary N) is 1. The van der Waals surface area contributed by atoms with E-state index in [2.05, 4.69) is 5.10 Å². The summed E-state index contributed by atoms with van der Waals surface area (Å²) in [4.78, 5) is 1.78. The van der Waals surface area contributed by atoms with E-state index in [9.17, 15) is 8.42 Å². The molecule has 0 aliphatic rings. The summed E-state index contributed by atoms with van der Waals surface area (Å²) in [6.07, 6.45) is 1.15. The third-order valence-electron chi connectivity index (χ3n) is 2.59. The van der Waals surface area contributed by atoms with E-state index in [0.29, 0.717) is 12.4 Å². The van der Waals surface area contributed by atoms with Crippen molar-refractivity contribution in [2.45, 2.75) is 13.5 Å². The fourth-order valence-corrected chi connectivity index (χ4v) is 1.91. The number of aryl methyl sites for hydroxylation is 1. The van der Waals surface area contributed by atoms with Gasteiger partial charge in [0.2, 0.25) is 0 Å². The van der Waals surface area contributed by atoms with Crippen LogP contribution < -0.4 is 10.6 Å². The average molecular weight is 271 g/mol. The molecule has 100 valence electrons. The van der Waals surface area contributed by atoms with Crippen LogP contribution in [-0.4, -0.2) is 43.8 Å². The molecule has 1 heterocycles. The Hall–Kier alpha value is -1.75. The van der Waals surface area contributed by atoms with Crippen LogP contribution in [0, 0.1) is 11.3 Å². The molecule has 0 saturated heterocycles. The molecule has 2 N–H and O–H groups in total. The third-order valence-corrected chi connectivity index (χ3v) is 3.52. The first-order valence-electron chi connectivity index (χ1n) is 5.45. The molecular formula is C10H17N5O2S. The van der Waals surface area contributed by atoms with Crippen molar-refractivity contribution in [1.29, 1.82) is 5.26 Å². The van der Waals surface area contributed by atoms with Crippen molar-refractivity contribution in [2.75, 3.05) is 36.2 Å². The van der Waals surface area contributed by atoms with Crippen LogP contribution in [0.5, 0.6) is 0 Å². The van der Waals surface area contributed by atoms with E-state index in [1.165, 1.54) is 4.68 Å². The van der Waals surface area contributed by atoms with Crippen LogP contribution in [0.15, 0.2) is 0 Å². The van der Waals surface area contributed by atoms with Gasteiger partial charge in [0.05, 0.1) is 12.3 Å². The van der Waals surface area contributed by atoms with Crippen molar-refractivity contribution in [3.8, 4) is 6.07 Å². The largest absolute Gasteiger partial charge is 0.383 e. The van der Waals surface area contributed by atoms with Crippen molar-refractivity contribution in [3.05, 3.63) is 5.56 Å². The van der Waals surface area contributed by atoms with Crippen molar-refractivity contribution in [1.82, 2.24) is 9.78 Å². The summed E-state index contributed by atoms with van der Waals surface area (Å²) in [6.45, 7) is 2.75. The van der Waals surface area contributed by atoms with Gasteiger partial charge in [0.1, 0.15) is 27.3 Å². The SMILES string of the molecule is CCN(C)c1nn(CCS(C)(=O)=O)c(N)c1C#N. The zero-order valence-electron chi connectivity index (χ0n) is 10.7. The van der Waals surface area contributed by atoms with Gasteiger partial charge in [-0.2, -0.15) is 10.4 Å². The van der Waals surface area contributed by atoms with Crippen LogP contribution in [0.1, 0.15) is 12.5 Å². The lowest BCUT2D eigenvalue weighted by molar-refractivity contribution is 0.587. The summed E-state index contributed by atoms with van der Waals surface area (Å²) in [5, 5.41) is 13.2.